The molecule has 3 rings (SSSR count). The molecule has 0 bridgehead atoms. The smallest absolute Gasteiger partial charge is 0.279 e. The van der Waals surface area contributed by atoms with Crippen LogP contribution < -0.4 is 4.80 Å². The van der Waals surface area contributed by atoms with E-state index in [0.29, 0.717) is 4.80 Å². The van der Waals surface area contributed by atoms with Gasteiger partial charge in [-0.05, 0) is 55.0 Å². The number of hydrogen-bond donors (Lipinski definition) is 0. The molecule has 122 valence electrons. The van der Waals surface area contributed by atoms with Crippen LogP contribution in [-0.2, 0) is 7.05 Å². The Labute approximate surface area is 141 Å². The highest BCUT2D eigenvalue weighted by atomic mass is 32.1. The highest BCUT2D eigenvalue weighted by Crippen LogP contribution is 2.24. The summed E-state index contributed by atoms with van der Waals surface area (Å²) in [7, 11) is 1.79. The average molecular weight is 344 g/mol. The van der Waals surface area contributed by atoms with Crippen molar-refractivity contribution in [2.75, 3.05) is 0 Å². The molecule has 24 heavy (non-hydrogen) atoms. The van der Waals surface area contributed by atoms with E-state index in [1.165, 1.54) is 41.7 Å². The van der Waals surface area contributed by atoms with Gasteiger partial charge in [-0.1, -0.05) is 6.07 Å². The Morgan fingerprint density at radius 1 is 1.08 bits per heavy atom. The molecule has 1 aromatic heterocycles. The summed E-state index contributed by atoms with van der Waals surface area (Å²) in [5.41, 5.74) is 1.91. The summed E-state index contributed by atoms with van der Waals surface area (Å²) in [4.78, 5) is 17.8. The van der Waals surface area contributed by atoms with Crippen LogP contribution in [0.2, 0.25) is 0 Å². The van der Waals surface area contributed by atoms with Gasteiger partial charge in [0.25, 0.3) is 5.91 Å². The molecule has 0 saturated carbocycles. The van der Waals surface area contributed by atoms with Crippen LogP contribution in [0.25, 0.3) is 11.3 Å². The lowest BCUT2D eigenvalue weighted by atomic mass is 10.1. The first-order chi connectivity index (χ1) is 11.5. The lowest BCUT2D eigenvalue weighted by Gasteiger charge is -2.04. The Morgan fingerprint density at radius 3 is 2.46 bits per heavy atom. The fraction of sp³-hybridized carbons (Fsp3) is 0.111. The first kappa shape index (κ1) is 16.3. The van der Waals surface area contributed by atoms with Crippen LogP contribution in [0.4, 0.5) is 8.78 Å². The third-order valence-electron chi connectivity index (χ3n) is 3.59. The molecule has 0 spiro atoms. The third kappa shape index (κ3) is 3.19. The fourth-order valence-electron chi connectivity index (χ4n) is 2.46. The number of amides is 1. The SMILES string of the molecule is Cc1sc(=NC(=O)c2cccc(F)c2)n(C)c1-c1ccc(F)cc1. The van der Waals surface area contributed by atoms with Gasteiger partial charge in [0.15, 0.2) is 4.80 Å². The summed E-state index contributed by atoms with van der Waals surface area (Å²) < 4.78 is 28.1. The molecule has 0 aliphatic carbocycles. The van der Waals surface area contributed by atoms with E-state index in [9.17, 15) is 13.6 Å². The summed E-state index contributed by atoms with van der Waals surface area (Å²) in [5, 5.41) is 0. The van der Waals surface area contributed by atoms with Crippen LogP contribution in [0.1, 0.15) is 15.2 Å². The van der Waals surface area contributed by atoms with Crippen molar-refractivity contribution >= 4 is 17.2 Å². The van der Waals surface area contributed by atoms with Gasteiger partial charge in [-0.3, -0.25) is 4.79 Å². The predicted octanol–water partition coefficient (Wildman–Crippen LogP) is 4.08. The zero-order valence-corrected chi connectivity index (χ0v) is 13.9. The summed E-state index contributed by atoms with van der Waals surface area (Å²) in [5.74, 6) is -1.28. The normalized spacial score (nSPS) is 11.8. The second-order valence-corrected chi connectivity index (χ2v) is 6.46. The minimum atomic E-state index is -0.503. The average Bonchev–Trinajstić information content (AvgIpc) is 2.82. The molecule has 0 fully saturated rings. The molecule has 0 aliphatic rings. The minimum absolute atomic E-state index is 0.199. The van der Waals surface area contributed by atoms with Crippen molar-refractivity contribution < 1.29 is 13.6 Å². The van der Waals surface area contributed by atoms with Gasteiger partial charge in [-0.25, -0.2) is 8.78 Å². The summed E-state index contributed by atoms with van der Waals surface area (Å²) in [6, 6.07) is 11.6. The molecule has 3 nitrogen and oxygen atoms in total. The van der Waals surface area contributed by atoms with Crippen LogP contribution in [0, 0.1) is 18.6 Å². The van der Waals surface area contributed by atoms with Gasteiger partial charge in [0.1, 0.15) is 11.6 Å². The molecule has 0 radical (unpaired) electrons. The number of halogens is 2. The van der Waals surface area contributed by atoms with Gasteiger partial charge >= 0.3 is 0 Å². The number of aromatic nitrogens is 1. The highest BCUT2D eigenvalue weighted by Gasteiger charge is 2.12. The minimum Gasteiger partial charge on any atom is -0.319 e. The topological polar surface area (TPSA) is 34.4 Å². The second-order valence-electron chi connectivity index (χ2n) is 5.28. The molecule has 0 unspecified atom stereocenters. The van der Waals surface area contributed by atoms with Crippen molar-refractivity contribution in [1.82, 2.24) is 4.57 Å². The second kappa shape index (κ2) is 6.49. The Hall–Kier alpha value is -2.60. The first-order valence-corrected chi connectivity index (χ1v) is 8.04. The lowest BCUT2D eigenvalue weighted by Crippen LogP contribution is -2.14. The highest BCUT2D eigenvalue weighted by molar-refractivity contribution is 7.09. The van der Waals surface area contributed by atoms with Crippen molar-refractivity contribution in [3.63, 3.8) is 0 Å². The van der Waals surface area contributed by atoms with Gasteiger partial charge in [0.2, 0.25) is 0 Å². The molecule has 0 saturated heterocycles. The van der Waals surface area contributed by atoms with Gasteiger partial charge in [-0.2, -0.15) is 4.99 Å². The first-order valence-electron chi connectivity index (χ1n) is 7.22. The monoisotopic (exact) mass is 344 g/mol. The third-order valence-corrected chi connectivity index (χ3v) is 4.63. The number of aryl methyl sites for hydroxylation is 1. The van der Waals surface area contributed by atoms with Crippen molar-refractivity contribution in [3.8, 4) is 11.3 Å². The van der Waals surface area contributed by atoms with Crippen LogP contribution in [0.3, 0.4) is 0 Å². The van der Waals surface area contributed by atoms with E-state index in [4.69, 9.17) is 0 Å². The van der Waals surface area contributed by atoms with E-state index in [1.807, 2.05) is 6.92 Å². The van der Waals surface area contributed by atoms with Gasteiger partial charge < -0.3 is 4.57 Å². The lowest BCUT2D eigenvalue weighted by molar-refractivity contribution is 0.0997. The quantitative estimate of drug-likeness (QED) is 0.690. The summed E-state index contributed by atoms with van der Waals surface area (Å²) in [6.45, 7) is 1.91. The van der Waals surface area contributed by atoms with Gasteiger partial charge in [-0.15, -0.1) is 11.3 Å². The number of thiazole rings is 1. The molecule has 0 atom stereocenters. The number of rotatable bonds is 2. The van der Waals surface area contributed by atoms with Gasteiger partial charge in [0.05, 0.1) is 5.69 Å². The largest absolute Gasteiger partial charge is 0.319 e. The van der Waals surface area contributed by atoms with Crippen molar-refractivity contribution in [3.05, 3.63) is 75.4 Å². The molecule has 1 amide bonds. The summed E-state index contributed by atoms with van der Waals surface area (Å²) >= 11 is 1.36. The van der Waals surface area contributed by atoms with E-state index in [1.54, 1.807) is 23.7 Å². The number of carbonyl (C=O) groups excluding carboxylic acids is 1. The zero-order chi connectivity index (χ0) is 17.3. The number of benzene rings is 2. The molecular formula is C18H14F2N2OS. The molecule has 1 heterocycles. The van der Waals surface area contributed by atoms with Crippen LogP contribution in [-0.4, -0.2) is 10.5 Å². The molecule has 0 N–H and O–H groups in total. The predicted molar refractivity (Wildman–Crippen MR) is 89.7 cm³/mol. The van der Waals surface area contributed by atoms with Crippen LogP contribution in [0.5, 0.6) is 0 Å². The van der Waals surface area contributed by atoms with Crippen molar-refractivity contribution in [2.24, 2.45) is 12.0 Å². The Morgan fingerprint density at radius 2 is 1.79 bits per heavy atom. The maximum absolute atomic E-state index is 13.2. The molecule has 0 aliphatic heterocycles. The van der Waals surface area contributed by atoms with Crippen LogP contribution >= 0.6 is 11.3 Å². The van der Waals surface area contributed by atoms with Crippen LogP contribution in [0.15, 0.2) is 53.5 Å². The summed E-state index contributed by atoms with van der Waals surface area (Å²) in [6.07, 6.45) is 0. The van der Waals surface area contributed by atoms with E-state index in [0.717, 1.165) is 22.2 Å². The van der Waals surface area contributed by atoms with Crippen molar-refractivity contribution in [1.29, 1.82) is 0 Å². The van der Waals surface area contributed by atoms with Gasteiger partial charge in [0, 0.05) is 17.5 Å². The fourth-order valence-corrected chi connectivity index (χ4v) is 3.44. The number of carbonyl (C=O) groups is 1. The Balaban J connectivity index is 2.05. The maximum atomic E-state index is 13.2. The van der Waals surface area contributed by atoms with E-state index < -0.39 is 11.7 Å². The number of hydrogen-bond acceptors (Lipinski definition) is 2. The van der Waals surface area contributed by atoms with E-state index in [-0.39, 0.29) is 11.4 Å². The maximum Gasteiger partial charge on any atom is 0.279 e. The molecule has 6 heteroatoms. The van der Waals surface area contributed by atoms with E-state index in [2.05, 4.69) is 4.99 Å². The standard InChI is InChI=1S/C18H14F2N2OS/c1-11-16(12-6-8-14(19)9-7-12)22(2)18(24-11)21-17(23)13-4-3-5-15(20)10-13/h3-10H,1-2H3. The zero-order valence-electron chi connectivity index (χ0n) is 13.1. The molecule has 3 aromatic rings. The molecule has 2 aromatic carbocycles. The Kier molecular flexibility index (Phi) is 4.40. The molecular weight excluding hydrogens is 330 g/mol. The number of nitrogens with zero attached hydrogens (tertiary/aromatic N) is 2. The van der Waals surface area contributed by atoms with Crippen molar-refractivity contribution in [2.45, 2.75) is 6.92 Å². The van der Waals surface area contributed by atoms with E-state index >= 15 is 0 Å². The Bertz CT molecular complexity index is 971.